The van der Waals surface area contributed by atoms with Gasteiger partial charge in [-0.2, -0.15) is 0 Å². The zero-order valence-electron chi connectivity index (χ0n) is 13.9. The lowest BCUT2D eigenvalue weighted by atomic mass is 10.1. The highest BCUT2D eigenvalue weighted by atomic mass is 16.7. The number of benzene rings is 2. The van der Waals surface area contributed by atoms with Crippen molar-refractivity contribution in [2.75, 3.05) is 28.1 Å². The van der Waals surface area contributed by atoms with Gasteiger partial charge in [0, 0.05) is 24.3 Å². The molecule has 0 unspecified atom stereocenters. The summed E-state index contributed by atoms with van der Waals surface area (Å²) in [7, 11) is 4.71. The van der Waals surface area contributed by atoms with Crippen molar-refractivity contribution in [3.63, 3.8) is 0 Å². The molecule has 126 valence electrons. The fourth-order valence-electron chi connectivity index (χ4n) is 2.04. The van der Waals surface area contributed by atoms with Crippen LogP contribution in [0.5, 0.6) is 17.2 Å². The molecule has 0 N–H and O–H groups in total. The van der Waals surface area contributed by atoms with Crippen molar-refractivity contribution in [3.05, 3.63) is 59.7 Å². The fourth-order valence-corrected chi connectivity index (χ4v) is 2.04. The van der Waals surface area contributed by atoms with Gasteiger partial charge in [-0.05, 0) is 48.6 Å². The molecule has 0 aliphatic rings. The molecule has 2 aromatic carbocycles. The molecule has 2 aromatic rings. The van der Waals surface area contributed by atoms with Gasteiger partial charge < -0.3 is 18.9 Å². The van der Waals surface area contributed by atoms with E-state index in [2.05, 4.69) is 0 Å². The van der Waals surface area contributed by atoms with Crippen LogP contribution in [0.3, 0.4) is 0 Å². The lowest BCUT2D eigenvalue weighted by Gasteiger charge is -2.10. The quantitative estimate of drug-likeness (QED) is 0.421. The number of ketones is 1. The van der Waals surface area contributed by atoms with Crippen molar-refractivity contribution in [2.45, 2.75) is 0 Å². The van der Waals surface area contributed by atoms with Crippen molar-refractivity contribution in [1.82, 2.24) is 0 Å². The summed E-state index contributed by atoms with van der Waals surface area (Å²) < 4.78 is 20.7. The molecule has 0 spiro atoms. The van der Waals surface area contributed by atoms with E-state index in [1.54, 1.807) is 63.8 Å². The molecular weight excluding hydrogens is 308 g/mol. The van der Waals surface area contributed by atoms with Crippen LogP contribution < -0.4 is 14.2 Å². The van der Waals surface area contributed by atoms with Crippen LogP contribution in [0.25, 0.3) is 6.08 Å². The topological polar surface area (TPSA) is 54.0 Å². The minimum atomic E-state index is -0.105. The standard InChI is InChI=1S/C19H20O5/c1-21-13-24-19-12-17(23-3)10-6-15(19)7-11-18(20)14-4-8-16(22-2)9-5-14/h4-12H,13H2,1-3H3/b11-7+. The smallest absolute Gasteiger partial charge is 0.188 e. The Bertz CT molecular complexity index is 704. The van der Waals surface area contributed by atoms with Gasteiger partial charge in [0.05, 0.1) is 14.2 Å². The Morgan fingerprint density at radius 3 is 2.25 bits per heavy atom. The number of carbonyl (C=O) groups excluding carboxylic acids is 1. The number of carbonyl (C=O) groups is 1. The van der Waals surface area contributed by atoms with Crippen LogP contribution in [-0.4, -0.2) is 33.9 Å². The van der Waals surface area contributed by atoms with Gasteiger partial charge in [0.2, 0.25) is 0 Å². The Balaban J connectivity index is 2.18. The monoisotopic (exact) mass is 328 g/mol. The molecular formula is C19H20O5. The summed E-state index contributed by atoms with van der Waals surface area (Å²) in [6, 6.07) is 12.3. The summed E-state index contributed by atoms with van der Waals surface area (Å²) in [6.07, 6.45) is 3.21. The second-order valence-electron chi connectivity index (χ2n) is 4.88. The second kappa shape index (κ2) is 8.74. The van der Waals surface area contributed by atoms with Crippen molar-refractivity contribution >= 4 is 11.9 Å². The summed E-state index contributed by atoms with van der Waals surface area (Å²) >= 11 is 0. The molecule has 0 aromatic heterocycles. The van der Waals surface area contributed by atoms with Crippen molar-refractivity contribution in [2.24, 2.45) is 0 Å². The average Bonchev–Trinajstić information content (AvgIpc) is 2.64. The lowest BCUT2D eigenvalue weighted by Crippen LogP contribution is -2.01. The predicted octanol–water partition coefficient (Wildman–Crippen LogP) is 3.58. The van der Waals surface area contributed by atoms with E-state index in [0.717, 1.165) is 5.56 Å². The van der Waals surface area contributed by atoms with Crippen LogP contribution in [0.15, 0.2) is 48.5 Å². The van der Waals surface area contributed by atoms with E-state index in [4.69, 9.17) is 18.9 Å². The van der Waals surface area contributed by atoms with E-state index >= 15 is 0 Å². The summed E-state index contributed by atoms with van der Waals surface area (Å²) in [6.45, 7) is 0.112. The number of hydrogen-bond donors (Lipinski definition) is 0. The maximum Gasteiger partial charge on any atom is 0.188 e. The molecule has 0 aliphatic carbocycles. The first kappa shape index (κ1) is 17.6. The van der Waals surface area contributed by atoms with Crippen LogP contribution in [0.1, 0.15) is 15.9 Å². The Morgan fingerprint density at radius 1 is 0.958 bits per heavy atom. The summed E-state index contributed by atoms with van der Waals surface area (Å²) in [5.74, 6) is 1.85. The minimum absolute atomic E-state index is 0.105. The third kappa shape index (κ3) is 4.60. The van der Waals surface area contributed by atoms with Crippen LogP contribution in [0, 0.1) is 0 Å². The first-order valence-electron chi connectivity index (χ1n) is 7.34. The van der Waals surface area contributed by atoms with Gasteiger partial charge in [-0.15, -0.1) is 0 Å². The van der Waals surface area contributed by atoms with Gasteiger partial charge in [-0.1, -0.05) is 0 Å². The maximum atomic E-state index is 12.2. The van der Waals surface area contributed by atoms with Gasteiger partial charge in [-0.3, -0.25) is 4.79 Å². The van der Waals surface area contributed by atoms with Gasteiger partial charge in [0.1, 0.15) is 17.2 Å². The molecule has 2 rings (SSSR count). The molecule has 0 fully saturated rings. The zero-order chi connectivity index (χ0) is 17.4. The molecule has 0 saturated heterocycles. The van der Waals surface area contributed by atoms with Gasteiger partial charge in [-0.25, -0.2) is 0 Å². The van der Waals surface area contributed by atoms with Gasteiger partial charge in [0.25, 0.3) is 0 Å². The lowest BCUT2D eigenvalue weighted by molar-refractivity contribution is 0.0508. The molecule has 5 heteroatoms. The van der Waals surface area contributed by atoms with E-state index in [1.165, 1.54) is 6.08 Å². The Labute approximate surface area is 141 Å². The molecule has 0 heterocycles. The first-order chi connectivity index (χ1) is 11.7. The Hall–Kier alpha value is -2.79. The number of ether oxygens (including phenoxy) is 4. The summed E-state index contributed by atoms with van der Waals surface area (Å²) in [5.41, 5.74) is 1.34. The average molecular weight is 328 g/mol. The van der Waals surface area contributed by atoms with Crippen LogP contribution in [0.2, 0.25) is 0 Å². The summed E-state index contributed by atoms with van der Waals surface area (Å²) in [5, 5.41) is 0. The van der Waals surface area contributed by atoms with E-state index in [0.29, 0.717) is 22.8 Å². The fraction of sp³-hybridized carbons (Fsp3) is 0.211. The van der Waals surface area contributed by atoms with Crippen molar-refractivity contribution < 1.29 is 23.7 Å². The summed E-state index contributed by atoms with van der Waals surface area (Å²) in [4.78, 5) is 12.2. The highest BCUT2D eigenvalue weighted by Gasteiger charge is 2.06. The van der Waals surface area contributed by atoms with E-state index in [1.807, 2.05) is 6.07 Å². The number of allylic oxidation sites excluding steroid dienone is 1. The van der Waals surface area contributed by atoms with E-state index < -0.39 is 0 Å². The van der Waals surface area contributed by atoms with Crippen LogP contribution in [-0.2, 0) is 4.74 Å². The SMILES string of the molecule is COCOc1cc(OC)ccc1/C=C/C(=O)c1ccc(OC)cc1. The molecule has 0 radical (unpaired) electrons. The Morgan fingerprint density at radius 2 is 1.62 bits per heavy atom. The third-order valence-corrected chi connectivity index (χ3v) is 3.34. The van der Waals surface area contributed by atoms with Crippen LogP contribution >= 0.6 is 0 Å². The largest absolute Gasteiger partial charge is 0.497 e. The number of methoxy groups -OCH3 is 3. The van der Waals surface area contributed by atoms with Crippen LogP contribution in [0.4, 0.5) is 0 Å². The molecule has 5 nitrogen and oxygen atoms in total. The third-order valence-electron chi connectivity index (χ3n) is 3.34. The maximum absolute atomic E-state index is 12.2. The normalized spacial score (nSPS) is 10.6. The molecule has 0 amide bonds. The predicted molar refractivity (Wildman–Crippen MR) is 91.9 cm³/mol. The molecule has 0 saturated carbocycles. The highest BCUT2D eigenvalue weighted by molar-refractivity contribution is 6.07. The van der Waals surface area contributed by atoms with E-state index in [9.17, 15) is 4.79 Å². The molecule has 0 aliphatic heterocycles. The number of hydrogen-bond acceptors (Lipinski definition) is 5. The van der Waals surface area contributed by atoms with Crippen molar-refractivity contribution in [3.8, 4) is 17.2 Å². The zero-order valence-corrected chi connectivity index (χ0v) is 13.9. The van der Waals surface area contributed by atoms with Gasteiger partial charge >= 0.3 is 0 Å². The Kier molecular flexibility index (Phi) is 6.40. The number of rotatable bonds is 8. The molecule has 0 atom stereocenters. The van der Waals surface area contributed by atoms with Gasteiger partial charge in [0.15, 0.2) is 12.6 Å². The highest BCUT2D eigenvalue weighted by Crippen LogP contribution is 2.26. The molecule has 0 bridgehead atoms. The molecule has 24 heavy (non-hydrogen) atoms. The van der Waals surface area contributed by atoms with E-state index in [-0.39, 0.29) is 12.6 Å². The van der Waals surface area contributed by atoms with Crippen molar-refractivity contribution in [1.29, 1.82) is 0 Å². The second-order valence-corrected chi connectivity index (χ2v) is 4.88. The first-order valence-corrected chi connectivity index (χ1v) is 7.34. The minimum Gasteiger partial charge on any atom is -0.497 e.